The molecule has 1 amide bonds. The Bertz CT molecular complexity index is 707. The molecular weight excluding hydrogens is 410 g/mol. The van der Waals surface area contributed by atoms with Crippen LogP contribution in [0.25, 0.3) is 6.08 Å². The van der Waals surface area contributed by atoms with E-state index in [0.29, 0.717) is 47.1 Å². The Kier molecular flexibility index (Phi) is 9.31. The Balaban J connectivity index is 1.73. The summed E-state index contributed by atoms with van der Waals surface area (Å²) < 4.78 is 11.3. The van der Waals surface area contributed by atoms with E-state index in [2.05, 4.69) is 5.32 Å². The van der Waals surface area contributed by atoms with Gasteiger partial charge in [0.15, 0.2) is 0 Å². The van der Waals surface area contributed by atoms with Gasteiger partial charge in [-0.1, -0.05) is 42.2 Å². The molecule has 148 valence electrons. The first-order chi connectivity index (χ1) is 13.0. The lowest BCUT2D eigenvalue weighted by molar-refractivity contribution is -0.380. The normalized spacial score (nSPS) is 15.9. The van der Waals surface area contributed by atoms with Crippen molar-refractivity contribution in [3.05, 3.63) is 32.0 Å². The number of carbonyl (C=O) groups is 1. The summed E-state index contributed by atoms with van der Waals surface area (Å²) >= 11 is 7.47. The minimum atomic E-state index is -0.450. The van der Waals surface area contributed by atoms with Crippen LogP contribution in [0.15, 0.2) is 17.0 Å². The lowest BCUT2D eigenvalue weighted by atomic mass is 10.3. The first kappa shape index (κ1) is 21.9. The topological polar surface area (TPSA) is 93.9 Å². The largest absolute Gasteiger partial charge is 0.378 e. The minimum absolute atomic E-state index is 0.0397. The number of hydrogen-bond donors (Lipinski definition) is 1. The summed E-state index contributed by atoms with van der Waals surface area (Å²) in [6.45, 7) is 6.09. The summed E-state index contributed by atoms with van der Waals surface area (Å²) in [5.41, 5.74) is 0. The summed E-state index contributed by atoms with van der Waals surface area (Å²) in [4.78, 5) is 25.4. The summed E-state index contributed by atoms with van der Waals surface area (Å²) in [5, 5.41) is 13.9. The number of thioether (sulfide) groups is 1. The molecule has 1 aliphatic rings. The van der Waals surface area contributed by atoms with Crippen LogP contribution >= 0.6 is 35.3 Å². The molecule has 2 rings (SSSR count). The Hall–Kier alpha value is -1.37. The molecule has 0 radical (unpaired) electrons. The molecule has 27 heavy (non-hydrogen) atoms. The zero-order valence-corrected chi connectivity index (χ0v) is 17.3. The molecule has 0 spiro atoms. The molecule has 0 saturated carbocycles. The maximum absolute atomic E-state index is 12.5. The molecule has 1 aromatic rings. The Morgan fingerprint density at radius 2 is 2.04 bits per heavy atom. The van der Waals surface area contributed by atoms with E-state index in [1.807, 2.05) is 6.92 Å². The van der Waals surface area contributed by atoms with Crippen molar-refractivity contribution in [2.45, 2.75) is 6.92 Å². The predicted octanol–water partition coefficient (Wildman–Crippen LogP) is 2.50. The highest BCUT2D eigenvalue weighted by Gasteiger charge is 2.31. The fourth-order valence-corrected chi connectivity index (χ4v) is 4.28. The molecular formula is C16H21N3O5S3. The molecule has 1 aromatic heterocycles. The lowest BCUT2D eigenvalue weighted by Gasteiger charge is -2.14. The van der Waals surface area contributed by atoms with Gasteiger partial charge in [0.2, 0.25) is 0 Å². The lowest BCUT2D eigenvalue weighted by Crippen LogP contribution is -2.31. The van der Waals surface area contributed by atoms with Crippen LogP contribution in [0.5, 0.6) is 0 Å². The second kappa shape index (κ2) is 11.5. The maximum Gasteiger partial charge on any atom is 0.324 e. The molecule has 2 heterocycles. The number of nitrogens with one attached hydrogen (secondary N) is 1. The third-order valence-electron chi connectivity index (χ3n) is 3.44. The number of hydrogen-bond acceptors (Lipinski definition) is 9. The van der Waals surface area contributed by atoms with Gasteiger partial charge in [-0.2, -0.15) is 0 Å². The van der Waals surface area contributed by atoms with Crippen LogP contribution in [0, 0.1) is 10.1 Å². The van der Waals surface area contributed by atoms with Crippen LogP contribution in [-0.2, 0) is 14.3 Å². The molecule has 1 fully saturated rings. The van der Waals surface area contributed by atoms with Gasteiger partial charge in [0.1, 0.15) is 4.32 Å². The molecule has 1 saturated heterocycles. The number of carbonyl (C=O) groups excluding carboxylic acids is 1. The standard InChI is InChI=1S/C16H21N3O5S3/c1-2-17-5-7-23-9-10-24-8-6-18-15(20)13(27-16(18)25)11-12-3-4-14(26-12)19(21)22/h3-4,11,17H,2,5-10H2,1H3/b13-11-. The van der Waals surface area contributed by atoms with Gasteiger partial charge in [-0.15, -0.1) is 0 Å². The first-order valence-corrected chi connectivity index (χ1v) is 10.4. The van der Waals surface area contributed by atoms with Crippen LogP contribution in [-0.4, -0.2) is 66.1 Å². The van der Waals surface area contributed by atoms with Crippen molar-refractivity contribution in [1.29, 1.82) is 0 Å². The van der Waals surface area contributed by atoms with Gasteiger partial charge in [-0.05, 0) is 18.7 Å². The van der Waals surface area contributed by atoms with Crippen molar-refractivity contribution in [3.8, 4) is 0 Å². The molecule has 0 unspecified atom stereocenters. The number of nitro groups is 1. The fourth-order valence-electron chi connectivity index (χ4n) is 2.14. The highest BCUT2D eigenvalue weighted by molar-refractivity contribution is 8.26. The fraction of sp³-hybridized carbons (Fsp3) is 0.500. The minimum Gasteiger partial charge on any atom is -0.378 e. The van der Waals surface area contributed by atoms with Crippen LogP contribution < -0.4 is 5.32 Å². The summed E-state index contributed by atoms with van der Waals surface area (Å²) in [7, 11) is 0. The molecule has 8 nitrogen and oxygen atoms in total. The van der Waals surface area contributed by atoms with Gasteiger partial charge in [-0.25, -0.2) is 0 Å². The third-order valence-corrected chi connectivity index (χ3v) is 5.81. The van der Waals surface area contributed by atoms with Crippen LogP contribution in [0.3, 0.4) is 0 Å². The monoisotopic (exact) mass is 431 g/mol. The van der Waals surface area contributed by atoms with Crippen molar-refractivity contribution in [2.24, 2.45) is 0 Å². The summed E-state index contributed by atoms with van der Waals surface area (Å²) in [5.74, 6) is -0.202. The number of thiophene rings is 1. The average Bonchev–Trinajstić information content (AvgIpc) is 3.20. The smallest absolute Gasteiger partial charge is 0.324 e. The van der Waals surface area contributed by atoms with Gasteiger partial charge in [0.25, 0.3) is 5.91 Å². The van der Waals surface area contributed by atoms with Crippen LogP contribution in [0.2, 0.25) is 0 Å². The van der Waals surface area contributed by atoms with Crippen molar-refractivity contribution in [2.75, 3.05) is 46.1 Å². The van der Waals surface area contributed by atoms with Gasteiger partial charge in [0.05, 0.1) is 42.8 Å². The molecule has 1 N–H and O–H groups in total. The van der Waals surface area contributed by atoms with E-state index in [4.69, 9.17) is 21.7 Å². The number of likely N-dealkylation sites (N-methyl/N-ethyl adjacent to an activating group) is 1. The van der Waals surface area contributed by atoms with E-state index in [-0.39, 0.29) is 10.9 Å². The van der Waals surface area contributed by atoms with E-state index in [1.54, 1.807) is 12.1 Å². The van der Waals surface area contributed by atoms with Crippen molar-refractivity contribution in [3.63, 3.8) is 0 Å². The van der Waals surface area contributed by atoms with Gasteiger partial charge >= 0.3 is 5.00 Å². The Morgan fingerprint density at radius 3 is 2.70 bits per heavy atom. The molecule has 0 bridgehead atoms. The average molecular weight is 432 g/mol. The van der Waals surface area contributed by atoms with Gasteiger partial charge in [0, 0.05) is 17.5 Å². The SMILES string of the molecule is CCNCCOCCOCCN1C(=O)/C(=C/c2ccc([N+](=O)[O-])s2)SC1=S. The van der Waals surface area contributed by atoms with Crippen LogP contribution in [0.4, 0.5) is 5.00 Å². The maximum atomic E-state index is 12.5. The highest BCUT2D eigenvalue weighted by Crippen LogP contribution is 2.34. The number of nitrogens with zero attached hydrogens (tertiary/aromatic N) is 2. The molecule has 1 aliphatic heterocycles. The number of rotatable bonds is 12. The van der Waals surface area contributed by atoms with Gasteiger partial charge < -0.3 is 14.8 Å². The van der Waals surface area contributed by atoms with E-state index in [1.165, 1.54) is 22.7 Å². The van der Waals surface area contributed by atoms with Crippen molar-refractivity contribution in [1.82, 2.24) is 10.2 Å². The number of thiocarbonyl (C=S) groups is 1. The van der Waals surface area contributed by atoms with Crippen LogP contribution in [0.1, 0.15) is 11.8 Å². The number of amides is 1. The highest BCUT2D eigenvalue weighted by atomic mass is 32.2. The summed E-state index contributed by atoms with van der Waals surface area (Å²) in [6, 6.07) is 3.04. The molecule has 0 atom stereocenters. The van der Waals surface area contributed by atoms with E-state index in [0.717, 1.165) is 24.4 Å². The second-order valence-electron chi connectivity index (χ2n) is 5.34. The zero-order chi connectivity index (χ0) is 19.6. The summed E-state index contributed by atoms with van der Waals surface area (Å²) in [6.07, 6.45) is 1.63. The van der Waals surface area contributed by atoms with E-state index >= 15 is 0 Å². The Labute approximate surface area is 171 Å². The van der Waals surface area contributed by atoms with Gasteiger partial charge in [-0.3, -0.25) is 19.8 Å². The quantitative estimate of drug-likeness (QED) is 0.177. The molecule has 0 aliphatic carbocycles. The van der Waals surface area contributed by atoms with E-state index < -0.39 is 4.92 Å². The Morgan fingerprint density at radius 1 is 1.30 bits per heavy atom. The predicted molar refractivity (Wildman–Crippen MR) is 111 cm³/mol. The number of ether oxygens (including phenoxy) is 2. The molecule has 11 heteroatoms. The third kappa shape index (κ3) is 6.94. The van der Waals surface area contributed by atoms with Crippen molar-refractivity contribution >= 4 is 56.6 Å². The zero-order valence-electron chi connectivity index (χ0n) is 14.8. The van der Waals surface area contributed by atoms with Crippen molar-refractivity contribution < 1.29 is 19.2 Å². The molecule has 0 aromatic carbocycles. The van der Waals surface area contributed by atoms with E-state index in [9.17, 15) is 14.9 Å². The second-order valence-corrected chi connectivity index (χ2v) is 8.11. The first-order valence-electron chi connectivity index (χ1n) is 8.38.